The number of hydrogen-bond acceptors (Lipinski definition) is 9. The summed E-state index contributed by atoms with van der Waals surface area (Å²) in [5.74, 6) is 0.560. The summed E-state index contributed by atoms with van der Waals surface area (Å²) in [6.07, 6.45) is 3.07. The van der Waals surface area contributed by atoms with E-state index in [4.69, 9.17) is 14.2 Å². The molecule has 37 heavy (non-hydrogen) atoms. The third-order valence-electron chi connectivity index (χ3n) is 5.12. The molecule has 1 heterocycles. The van der Waals surface area contributed by atoms with Crippen LogP contribution in [0.15, 0.2) is 53.7 Å². The number of thioether (sulfide) groups is 1. The fraction of sp³-hybridized carbons (Fsp3) is 0.240. The van der Waals surface area contributed by atoms with E-state index >= 15 is 0 Å². The Balaban J connectivity index is 1.52. The van der Waals surface area contributed by atoms with Crippen molar-refractivity contribution < 1.29 is 28.6 Å². The molecule has 0 spiro atoms. The fourth-order valence-electron chi connectivity index (χ4n) is 3.17. The molecule has 194 valence electrons. The normalized spacial score (nSPS) is 10.7. The van der Waals surface area contributed by atoms with E-state index in [0.29, 0.717) is 28.2 Å². The molecule has 3 rings (SSSR count). The largest absolute Gasteiger partial charge is 0.493 e. The number of esters is 1. The number of carbonyl (C=O) groups excluding carboxylic acids is 3. The molecule has 0 bridgehead atoms. The highest BCUT2D eigenvalue weighted by Gasteiger charge is 2.15. The lowest BCUT2D eigenvalue weighted by Gasteiger charge is -2.09. The quantitative estimate of drug-likeness (QED) is 0.220. The predicted octanol–water partition coefficient (Wildman–Crippen LogP) is 2.68. The van der Waals surface area contributed by atoms with Crippen LogP contribution in [0, 0.1) is 0 Å². The van der Waals surface area contributed by atoms with E-state index in [1.54, 1.807) is 68.3 Å². The Hall–Kier alpha value is -4.32. The molecule has 0 radical (unpaired) electrons. The smallest absolute Gasteiger partial charge is 0.339 e. The maximum absolute atomic E-state index is 12.4. The van der Waals surface area contributed by atoms with Crippen molar-refractivity contribution in [1.82, 2.24) is 20.1 Å². The van der Waals surface area contributed by atoms with E-state index in [2.05, 4.69) is 20.8 Å². The monoisotopic (exact) mass is 525 g/mol. The SMILES string of the molecule is COC(=O)c1ccccc1NC(=O)CSc1nnc(CNC(=O)/C=C/c2ccc(OC)c(OC)c2)n1C. The van der Waals surface area contributed by atoms with Crippen molar-refractivity contribution in [2.24, 2.45) is 7.05 Å². The highest BCUT2D eigenvalue weighted by atomic mass is 32.2. The maximum Gasteiger partial charge on any atom is 0.339 e. The van der Waals surface area contributed by atoms with Gasteiger partial charge in [0.15, 0.2) is 22.5 Å². The summed E-state index contributed by atoms with van der Waals surface area (Å²) >= 11 is 1.18. The van der Waals surface area contributed by atoms with Crippen LogP contribution in [0.5, 0.6) is 11.5 Å². The first kappa shape index (κ1) is 27.3. The van der Waals surface area contributed by atoms with Crippen molar-refractivity contribution in [3.63, 3.8) is 0 Å². The minimum Gasteiger partial charge on any atom is -0.493 e. The second-order valence-corrected chi connectivity index (χ2v) is 8.44. The highest BCUT2D eigenvalue weighted by molar-refractivity contribution is 7.99. The van der Waals surface area contributed by atoms with Crippen LogP contribution in [-0.4, -0.2) is 59.6 Å². The number of aromatic nitrogens is 3. The predicted molar refractivity (Wildman–Crippen MR) is 139 cm³/mol. The zero-order chi connectivity index (χ0) is 26.8. The van der Waals surface area contributed by atoms with Crippen molar-refractivity contribution in [3.8, 4) is 11.5 Å². The summed E-state index contributed by atoms with van der Waals surface area (Å²) in [5.41, 5.74) is 1.40. The molecule has 0 aliphatic carbocycles. The molecule has 0 unspecified atom stereocenters. The first-order valence-electron chi connectivity index (χ1n) is 11.0. The van der Waals surface area contributed by atoms with E-state index in [1.165, 1.54) is 24.9 Å². The molecular weight excluding hydrogens is 498 g/mol. The minimum absolute atomic E-state index is 0.0436. The molecule has 0 saturated carbocycles. The van der Waals surface area contributed by atoms with Crippen molar-refractivity contribution in [3.05, 3.63) is 65.5 Å². The molecule has 0 saturated heterocycles. The van der Waals surface area contributed by atoms with Gasteiger partial charge in [0.1, 0.15) is 0 Å². The summed E-state index contributed by atoms with van der Waals surface area (Å²) in [5, 5.41) is 14.1. The Labute approximate surface area is 218 Å². The van der Waals surface area contributed by atoms with Gasteiger partial charge in [-0.05, 0) is 35.9 Å². The lowest BCUT2D eigenvalue weighted by Crippen LogP contribution is -2.22. The molecule has 3 aromatic rings. The van der Waals surface area contributed by atoms with Gasteiger partial charge in [0, 0.05) is 13.1 Å². The Bertz CT molecular complexity index is 1310. The van der Waals surface area contributed by atoms with Crippen molar-refractivity contribution in [2.75, 3.05) is 32.4 Å². The Morgan fingerprint density at radius 3 is 2.51 bits per heavy atom. The van der Waals surface area contributed by atoms with E-state index in [0.717, 1.165) is 5.56 Å². The number of hydrogen-bond donors (Lipinski definition) is 2. The van der Waals surface area contributed by atoms with Gasteiger partial charge in [-0.3, -0.25) is 9.59 Å². The van der Waals surface area contributed by atoms with Gasteiger partial charge in [0.2, 0.25) is 11.8 Å². The number of methoxy groups -OCH3 is 3. The van der Waals surface area contributed by atoms with E-state index in [1.807, 2.05) is 6.07 Å². The molecule has 1 aromatic heterocycles. The molecule has 0 fully saturated rings. The highest BCUT2D eigenvalue weighted by Crippen LogP contribution is 2.28. The first-order valence-corrected chi connectivity index (χ1v) is 12.0. The Kier molecular flexibility index (Phi) is 9.67. The van der Waals surface area contributed by atoms with Crippen LogP contribution in [0.1, 0.15) is 21.7 Å². The lowest BCUT2D eigenvalue weighted by atomic mass is 10.2. The van der Waals surface area contributed by atoms with Crippen LogP contribution in [-0.2, 0) is 27.9 Å². The average molecular weight is 526 g/mol. The van der Waals surface area contributed by atoms with E-state index in [9.17, 15) is 14.4 Å². The molecule has 0 atom stereocenters. The lowest BCUT2D eigenvalue weighted by molar-refractivity contribution is -0.116. The molecule has 11 nitrogen and oxygen atoms in total. The maximum atomic E-state index is 12.4. The van der Waals surface area contributed by atoms with Crippen LogP contribution in [0.25, 0.3) is 6.08 Å². The molecule has 0 aliphatic rings. The van der Waals surface area contributed by atoms with Crippen LogP contribution < -0.4 is 20.1 Å². The van der Waals surface area contributed by atoms with Crippen molar-refractivity contribution in [2.45, 2.75) is 11.7 Å². The average Bonchev–Trinajstić information content (AvgIpc) is 3.27. The van der Waals surface area contributed by atoms with Gasteiger partial charge in [0.25, 0.3) is 0 Å². The van der Waals surface area contributed by atoms with Crippen LogP contribution in [0.4, 0.5) is 5.69 Å². The molecule has 2 amide bonds. The standard InChI is InChI=1S/C25H27N5O6S/c1-30-21(14-26-22(31)12-10-16-9-11-19(34-2)20(13-16)35-3)28-29-25(30)37-15-23(32)27-18-8-6-5-7-17(18)24(33)36-4/h5-13H,14-15H2,1-4H3,(H,26,31)(H,27,32)/b12-10+. The van der Waals surface area contributed by atoms with E-state index in [-0.39, 0.29) is 29.7 Å². The van der Waals surface area contributed by atoms with Gasteiger partial charge < -0.3 is 29.4 Å². The van der Waals surface area contributed by atoms with Crippen LogP contribution in [0.2, 0.25) is 0 Å². The third kappa shape index (κ3) is 7.34. The number of para-hydroxylation sites is 1. The van der Waals surface area contributed by atoms with Gasteiger partial charge >= 0.3 is 5.97 Å². The number of nitrogens with one attached hydrogen (secondary N) is 2. The summed E-state index contributed by atoms with van der Waals surface area (Å²) < 4.78 is 16.9. The summed E-state index contributed by atoms with van der Waals surface area (Å²) in [7, 11) is 6.12. The molecular formula is C25H27N5O6S. The zero-order valence-electron chi connectivity index (χ0n) is 20.8. The summed E-state index contributed by atoms with van der Waals surface area (Å²) in [6.45, 7) is 0.151. The van der Waals surface area contributed by atoms with Gasteiger partial charge in [0.05, 0.1) is 44.9 Å². The molecule has 2 N–H and O–H groups in total. The minimum atomic E-state index is -0.540. The fourth-order valence-corrected chi connectivity index (χ4v) is 3.90. The topological polar surface area (TPSA) is 134 Å². The van der Waals surface area contributed by atoms with Gasteiger partial charge in [-0.15, -0.1) is 10.2 Å². The number of carbonyl (C=O) groups is 3. The summed E-state index contributed by atoms with van der Waals surface area (Å²) in [4.78, 5) is 36.6. The van der Waals surface area contributed by atoms with Crippen molar-refractivity contribution in [1.29, 1.82) is 0 Å². The van der Waals surface area contributed by atoms with E-state index < -0.39 is 5.97 Å². The third-order valence-corrected chi connectivity index (χ3v) is 6.14. The zero-order valence-corrected chi connectivity index (χ0v) is 21.6. The van der Waals surface area contributed by atoms with Crippen LogP contribution >= 0.6 is 11.8 Å². The number of anilines is 1. The number of nitrogens with zero attached hydrogens (tertiary/aromatic N) is 3. The Morgan fingerprint density at radius 2 is 1.78 bits per heavy atom. The van der Waals surface area contributed by atoms with Gasteiger partial charge in [-0.25, -0.2) is 4.79 Å². The Morgan fingerprint density at radius 1 is 1.03 bits per heavy atom. The molecule has 0 aliphatic heterocycles. The second-order valence-electron chi connectivity index (χ2n) is 7.50. The number of ether oxygens (including phenoxy) is 3. The summed E-state index contributed by atoms with van der Waals surface area (Å²) in [6, 6.07) is 11.9. The number of benzene rings is 2. The number of amides is 2. The van der Waals surface area contributed by atoms with Crippen LogP contribution in [0.3, 0.4) is 0 Å². The van der Waals surface area contributed by atoms with Gasteiger partial charge in [-0.1, -0.05) is 30.0 Å². The number of rotatable bonds is 11. The first-order chi connectivity index (χ1) is 17.9. The van der Waals surface area contributed by atoms with Gasteiger partial charge in [-0.2, -0.15) is 0 Å². The molecule has 12 heteroatoms. The van der Waals surface area contributed by atoms with Crippen molar-refractivity contribution >= 4 is 41.3 Å². The molecule has 2 aromatic carbocycles. The second kappa shape index (κ2) is 13.1.